The zero-order valence-corrected chi connectivity index (χ0v) is 16.9. The van der Waals surface area contributed by atoms with Crippen molar-refractivity contribution in [2.75, 3.05) is 18.0 Å². The van der Waals surface area contributed by atoms with Crippen LogP contribution in [-0.2, 0) is 11.0 Å². The number of fused-ring (bicyclic) bond motifs is 1. The number of aromatic nitrogens is 3. The van der Waals surface area contributed by atoms with Gasteiger partial charge in [0.25, 0.3) is 0 Å². The minimum atomic E-state index is -4.46. The summed E-state index contributed by atoms with van der Waals surface area (Å²) in [5.74, 6) is 0.571. The number of rotatable bonds is 4. The molecule has 0 radical (unpaired) electrons. The van der Waals surface area contributed by atoms with E-state index in [9.17, 15) is 18.0 Å². The highest BCUT2D eigenvalue weighted by Gasteiger charge is 2.46. The van der Waals surface area contributed by atoms with Crippen LogP contribution in [0.5, 0.6) is 0 Å². The topological polar surface area (TPSA) is 97.7 Å². The summed E-state index contributed by atoms with van der Waals surface area (Å²) >= 11 is 0. The molecule has 1 aromatic carbocycles. The Morgan fingerprint density at radius 2 is 2.12 bits per heavy atom. The number of H-pyrrole nitrogens is 1. The maximum atomic E-state index is 12.7. The number of alkyl halides is 3. The number of anilines is 1. The van der Waals surface area contributed by atoms with Gasteiger partial charge in [-0.25, -0.2) is 9.97 Å². The van der Waals surface area contributed by atoms with Crippen LogP contribution in [0.25, 0.3) is 11.0 Å². The molecule has 3 atom stereocenters. The van der Waals surface area contributed by atoms with Crippen molar-refractivity contribution in [3.05, 3.63) is 53.6 Å². The molecule has 1 saturated carbocycles. The van der Waals surface area contributed by atoms with Gasteiger partial charge in [-0.3, -0.25) is 4.79 Å². The van der Waals surface area contributed by atoms with Gasteiger partial charge in [0.1, 0.15) is 11.5 Å². The summed E-state index contributed by atoms with van der Waals surface area (Å²) in [6.07, 6.45) is -1.82. The van der Waals surface area contributed by atoms with Crippen LogP contribution in [0.1, 0.15) is 35.8 Å². The summed E-state index contributed by atoms with van der Waals surface area (Å²) in [5.41, 5.74) is 1.77. The summed E-state index contributed by atoms with van der Waals surface area (Å²) in [7, 11) is 0. The molecule has 2 fully saturated rings. The van der Waals surface area contributed by atoms with E-state index in [0.29, 0.717) is 42.7 Å². The largest absolute Gasteiger partial charge is 0.433 e. The van der Waals surface area contributed by atoms with E-state index in [1.807, 2.05) is 11.0 Å². The Balaban J connectivity index is 1.18. The van der Waals surface area contributed by atoms with Gasteiger partial charge in [0, 0.05) is 31.0 Å². The number of aromatic amines is 1. The van der Waals surface area contributed by atoms with Crippen LogP contribution in [0.4, 0.5) is 18.9 Å². The number of pyridine rings is 1. The maximum Gasteiger partial charge on any atom is 0.433 e. The van der Waals surface area contributed by atoms with Gasteiger partial charge in [-0.1, -0.05) is 0 Å². The number of benzene rings is 1. The first-order valence-electron chi connectivity index (χ1n) is 10.3. The van der Waals surface area contributed by atoms with Gasteiger partial charge in [0.15, 0.2) is 0 Å². The Morgan fingerprint density at radius 3 is 2.84 bits per heavy atom. The molecule has 2 N–H and O–H groups in total. The molecule has 1 aliphatic carbocycles. The number of carbonyl (C=O) groups excluding carboxylic acids is 1. The van der Waals surface area contributed by atoms with E-state index in [2.05, 4.69) is 26.3 Å². The molecular formula is C22H19F3N6O. The maximum absolute atomic E-state index is 12.7. The number of imidazole rings is 1. The van der Waals surface area contributed by atoms with E-state index >= 15 is 0 Å². The molecule has 0 unspecified atom stereocenters. The Bertz CT molecular complexity index is 1210. The molecule has 1 amide bonds. The lowest BCUT2D eigenvalue weighted by atomic mass is 10.2. The van der Waals surface area contributed by atoms with Gasteiger partial charge >= 0.3 is 6.18 Å². The van der Waals surface area contributed by atoms with Gasteiger partial charge < -0.3 is 15.2 Å². The zero-order valence-electron chi connectivity index (χ0n) is 16.9. The van der Waals surface area contributed by atoms with Crippen molar-refractivity contribution in [3.63, 3.8) is 0 Å². The number of carbonyl (C=O) groups is 1. The predicted molar refractivity (Wildman–Crippen MR) is 110 cm³/mol. The van der Waals surface area contributed by atoms with Crippen LogP contribution in [0.15, 0.2) is 36.5 Å². The molecule has 7 nitrogen and oxygen atoms in total. The highest BCUT2D eigenvalue weighted by Crippen LogP contribution is 2.47. The van der Waals surface area contributed by atoms with Crippen molar-refractivity contribution in [2.45, 2.75) is 31.0 Å². The summed E-state index contributed by atoms with van der Waals surface area (Å²) in [5, 5.41) is 12.1. The van der Waals surface area contributed by atoms with Crippen LogP contribution < -0.4 is 10.2 Å². The lowest BCUT2D eigenvalue weighted by Gasteiger charge is -2.19. The van der Waals surface area contributed by atoms with Crippen LogP contribution >= 0.6 is 0 Å². The highest BCUT2D eigenvalue weighted by molar-refractivity contribution is 5.84. The summed E-state index contributed by atoms with van der Waals surface area (Å²) in [6, 6.07) is 9.66. The Labute approximate surface area is 181 Å². The molecule has 3 aromatic rings. The Kier molecular flexibility index (Phi) is 4.77. The molecule has 2 aliphatic rings. The molecule has 1 aliphatic heterocycles. The lowest BCUT2D eigenvalue weighted by molar-refractivity contribution is -0.141. The van der Waals surface area contributed by atoms with Crippen molar-refractivity contribution < 1.29 is 18.0 Å². The molecule has 2 aromatic heterocycles. The van der Waals surface area contributed by atoms with Gasteiger partial charge in [-0.2, -0.15) is 18.4 Å². The third kappa shape index (κ3) is 3.86. The van der Waals surface area contributed by atoms with Crippen LogP contribution in [0.3, 0.4) is 0 Å². The molecule has 5 rings (SSSR count). The molecule has 1 saturated heterocycles. The molecule has 164 valence electrons. The quantitative estimate of drug-likeness (QED) is 0.649. The normalized spacial score (nSPS) is 22.7. The average molecular weight is 440 g/mol. The number of halogens is 3. The third-order valence-corrected chi connectivity index (χ3v) is 6.05. The smallest absolute Gasteiger partial charge is 0.368 e. The van der Waals surface area contributed by atoms with E-state index in [-0.39, 0.29) is 23.8 Å². The zero-order chi connectivity index (χ0) is 22.5. The second-order valence-corrected chi connectivity index (χ2v) is 8.25. The first-order chi connectivity index (χ1) is 15.3. The van der Waals surface area contributed by atoms with Crippen LogP contribution in [-0.4, -0.2) is 40.0 Å². The number of amides is 1. The van der Waals surface area contributed by atoms with E-state index in [4.69, 9.17) is 5.26 Å². The molecule has 10 heteroatoms. The van der Waals surface area contributed by atoms with Crippen molar-refractivity contribution in [3.8, 4) is 6.07 Å². The van der Waals surface area contributed by atoms with Gasteiger partial charge in [0.2, 0.25) is 5.91 Å². The number of nitrogens with zero attached hydrogens (tertiary/aromatic N) is 4. The first-order valence-corrected chi connectivity index (χ1v) is 10.3. The van der Waals surface area contributed by atoms with Crippen LogP contribution in [0.2, 0.25) is 0 Å². The lowest BCUT2D eigenvalue weighted by Crippen LogP contribution is -2.38. The number of nitriles is 1. The van der Waals surface area contributed by atoms with Gasteiger partial charge in [-0.05, 0) is 43.2 Å². The van der Waals surface area contributed by atoms with E-state index in [1.54, 1.807) is 12.1 Å². The van der Waals surface area contributed by atoms with Crippen LogP contribution in [0, 0.1) is 17.2 Å². The summed E-state index contributed by atoms with van der Waals surface area (Å²) in [4.78, 5) is 25.9. The number of nitrogens with one attached hydrogen (secondary N) is 2. The van der Waals surface area contributed by atoms with Crippen molar-refractivity contribution in [1.29, 1.82) is 5.26 Å². The molecule has 0 spiro atoms. The first kappa shape index (κ1) is 20.3. The van der Waals surface area contributed by atoms with Gasteiger partial charge in [-0.15, -0.1) is 0 Å². The van der Waals surface area contributed by atoms with Crippen molar-refractivity contribution >= 4 is 22.6 Å². The standard InChI is InChI=1S/C22H19F3N6O/c23-22(24,25)19-4-2-14(10-27-19)31-6-5-13(11-31)28-21(32)16-8-15(16)20-29-17-3-1-12(9-26)7-18(17)30-20/h1-4,7,10,13,15-16H,5-6,8,11H2,(H,28,32)(H,29,30)/t13-,15-,16-/m1/s1. The SMILES string of the molecule is N#Cc1ccc2[nH]c([C@@H]3C[C@H]3C(=O)N[C@@H]3CCN(c4ccc(C(F)(F)F)nc4)C3)nc2c1. The van der Waals surface area contributed by atoms with Crippen molar-refractivity contribution in [1.82, 2.24) is 20.3 Å². The fourth-order valence-corrected chi connectivity index (χ4v) is 4.22. The highest BCUT2D eigenvalue weighted by atomic mass is 19.4. The second kappa shape index (κ2) is 7.51. The summed E-state index contributed by atoms with van der Waals surface area (Å²) < 4.78 is 38.1. The van der Waals surface area contributed by atoms with E-state index in [0.717, 1.165) is 17.4 Å². The molecule has 0 bridgehead atoms. The fourth-order valence-electron chi connectivity index (χ4n) is 4.22. The molecule has 32 heavy (non-hydrogen) atoms. The Hall–Kier alpha value is -3.61. The monoisotopic (exact) mass is 440 g/mol. The number of hydrogen-bond acceptors (Lipinski definition) is 5. The molecular weight excluding hydrogens is 421 g/mol. The van der Waals surface area contributed by atoms with E-state index in [1.165, 1.54) is 12.3 Å². The van der Waals surface area contributed by atoms with Gasteiger partial charge in [0.05, 0.1) is 34.6 Å². The molecule has 3 heterocycles. The second-order valence-electron chi connectivity index (χ2n) is 8.25. The summed E-state index contributed by atoms with van der Waals surface area (Å²) in [6.45, 7) is 1.16. The predicted octanol–water partition coefficient (Wildman–Crippen LogP) is 3.35. The third-order valence-electron chi connectivity index (χ3n) is 6.05. The Morgan fingerprint density at radius 1 is 1.28 bits per heavy atom. The average Bonchev–Trinajstić information content (AvgIpc) is 3.25. The number of hydrogen-bond donors (Lipinski definition) is 2. The van der Waals surface area contributed by atoms with E-state index < -0.39 is 11.9 Å². The minimum absolute atomic E-state index is 0.0181. The fraction of sp³-hybridized carbons (Fsp3) is 0.364. The minimum Gasteiger partial charge on any atom is -0.368 e. The van der Waals surface area contributed by atoms with Crippen molar-refractivity contribution in [2.24, 2.45) is 5.92 Å².